The summed E-state index contributed by atoms with van der Waals surface area (Å²) in [5.41, 5.74) is 10.5. The number of hydrogen-bond acceptors (Lipinski definition) is 8. The molecular weight excluding hydrogens is 466 g/mol. The van der Waals surface area contributed by atoms with E-state index in [0.717, 1.165) is 6.42 Å². The summed E-state index contributed by atoms with van der Waals surface area (Å²) in [7, 11) is 0. The van der Waals surface area contributed by atoms with Gasteiger partial charge in [0.2, 0.25) is 17.7 Å². The molecule has 1 heterocycles. The smallest absolute Gasteiger partial charge is 0.326 e. The number of nitrogens with one attached hydrogen (secondary N) is 4. The van der Waals surface area contributed by atoms with Crippen molar-refractivity contribution in [1.29, 1.82) is 0 Å². The van der Waals surface area contributed by atoms with E-state index in [0.29, 0.717) is 25.1 Å². The number of nitrogens with two attached hydrogens (primary N) is 2. The zero-order valence-electron chi connectivity index (χ0n) is 19.6. The van der Waals surface area contributed by atoms with Crippen molar-refractivity contribution < 1.29 is 29.4 Å². The lowest BCUT2D eigenvalue weighted by Crippen LogP contribution is -2.59. The number of hydrogen-bond donors (Lipinski definition) is 8. The van der Waals surface area contributed by atoms with E-state index >= 15 is 0 Å². The van der Waals surface area contributed by atoms with Crippen LogP contribution in [0, 0.1) is 0 Å². The Labute approximate surface area is 203 Å². The fourth-order valence-corrected chi connectivity index (χ4v) is 3.84. The van der Waals surface area contributed by atoms with Gasteiger partial charge in [-0.3, -0.25) is 19.4 Å². The molecule has 5 atom stereocenters. The summed E-state index contributed by atoms with van der Waals surface area (Å²) in [6.45, 7) is 2.26. The van der Waals surface area contributed by atoms with Gasteiger partial charge >= 0.3 is 5.97 Å². The van der Waals surface area contributed by atoms with Crippen LogP contribution in [0.3, 0.4) is 0 Å². The van der Waals surface area contributed by atoms with Gasteiger partial charge < -0.3 is 42.9 Å². The predicted molar refractivity (Wildman–Crippen MR) is 129 cm³/mol. The lowest BCUT2D eigenvalue weighted by atomic mass is 10.1. The van der Waals surface area contributed by atoms with Crippen LogP contribution in [0.2, 0.25) is 0 Å². The lowest BCUT2D eigenvalue weighted by Gasteiger charge is -2.26. The normalized spacial score (nSPS) is 18.7. The number of aliphatic hydroxyl groups is 1. The Morgan fingerprint density at radius 1 is 1.12 bits per heavy atom. The van der Waals surface area contributed by atoms with E-state index in [9.17, 15) is 29.4 Å². The second-order valence-corrected chi connectivity index (χ2v) is 9.05. The average molecular weight is 504 g/mol. The molecule has 1 saturated heterocycles. The van der Waals surface area contributed by atoms with Gasteiger partial charge in [-0.1, -0.05) is 0 Å². The van der Waals surface area contributed by atoms with Crippen LogP contribution >= 0.6 is 11.8 Å². The molecule has 3 amide bonds. The molecule has 0 bridgehead atoms. The fourth-order valence-electron chi connectivity index (χ4n) is 3.37. The first-order valence-corrected chi connectivity index (χ1v) is 12.6. The van der Waals surface area contributed by atoms with E-state index in [2.05, 4.69) is 26.3 Å². The number of nitrogens with zero attached hydrogens (tertiary/aromatic N) is 1. The number of carboxylic acids is 1. The molecule has 194 valence electrons. The van der Waals surface area contributed by atoms with Crippen LogP contribution in [0.15, 0.2) is 4.99 Å². The Kier molecular flexibility index (Phi) is 13.3. The van der Waals surface area contributed by atoms with Gasteiger partial charge in [0.25, 0.3) is 0 Å². The minimum atomic E-state index is -1.27. The summed E-state index contributed by atoms with van der Waals surface area (Å²) in [6.07, 6.45) is 2.70. The number of thioether (sulfide) groups is 1. The fraction of sp³-hybridized carbons (Fsp3) is 0.750. The van der Waals surface area contributed by atoms with Crippen LogP contribution in [0.25, 0.3) is 0 Å². The first-order valence-electron chi connectivity index (χ1n) is 11.2. The SMILES string of the molecule is CSCCC(NC(=O)C(NC(=O)C1CCCN1)C(C)O)C(=O)NC(CCCN=C(N)N)C(=O)O. The van der Waals surface area contributed by atoms with Gasteiger partial charge in [0.15, 0.2) is 5.96 Å². The molecule has 1 aliphatic rings. The Bertz CT molecular complexity index is 726. The average Bonchev–Trinajstić information content (AvgIpc) is 3.31. The van der Waals surface area contributed by atoms with Gasteiger partial charge in [0, 0.05) is 6.54 Å². The Hall–Kier alpha value is -2.58. The molecule has 0 spiro atoms. The quantitative estimate of drug-likeness (QED) is 0.0664. The molecule has 13 nitrogen and oxygen atoms in total. The Balaban J connectivity index is 2.82. The van der Waals surface area contributed by atoms with Crippen LogP contribution in [0.1, 0.15) is 39.0 Å². The molecule has 14 heteroatoms. The molecular formula is C20H37N7O6S. The maximum Gasteiger partial charge on any atom is 0.326 e. The first kappa shape index (κ1) is 29.5. The molecule has 10 N–H and O–H groups in total. The molecule has 0 aromatic carbocycles. The molecule has 0 radical (unpaired) electrons. The third-order valence-corrected chi connectivity index (χ3v) is 5.89. The Morgan fingerprint density at radius 3 is 2.32 bits per heavy atom. The summed E-state index contributed by atoms with van der Waals surface area (Å²) in [5, 5.41) is 30.1. The van der Waals surface area contributed by atoms with Gasteiger partial charge in [-0.2, -0.15) is 11.8 Å². The number of aliphatic carboxylic acids is 1. The van der Waals surface area contributed by atoms with Crippen molar-refractivity contribution in [2.75, 3.05) is 25.1 Å². The van der Waals surface area contributed by atoms with Crippen molar-refractivity contribution in [3.8, 4) is 0 Å². The minimum absolute atomic E-state index is 0.0851. The number of guanidine groups is 1. The molecule has 1 rings (SSSR count). The van der Waals surface area contributed by atoms with Crippen molar-refractivity contribution in [3.63, 3.8) is 0 Å². The van der Waals surface area contributed by atoms with E-state index in [1.165, 1.54) is 18.7 Å². The van der Waals surface area contributed by atoms with Gasteiger partial charge in [-0.15, -0.1) is 0 Å². The minimum Gasteiger partial charge on any atom is -0.480 e. The predicted octanol–water partition coefficient (Wildman–Crippen LogP) is -2.54. The Morgan fingerprint density at radius 2 is 1.79 bits per heavy atom. The van der Waals surface area contributed by atoms with Crippen molar-refractivity contribution in [2.24, 2.45) is 16.5 Å². The number of aliphatic imine (C=N–C) groups is 1. The zero-order chi connectivity index (χ0) is 25.7. The first-order chi connectivity index (χ1) is 16.1. The molecule has 0 aromatic heterocycles. The molecule has 0 aliphatic carbocycles. The van der Waals surface area contributed by atoms with Gasteiger partial charge in [-0.05, 0) is 57.6 Å². The van der Waals surface area contributed by atoms with Crippen molar-refractivity contribution >= 4 is 41.4 Å². The van der Waals surface area contributed by atoms with E-state index in [-0.39, 0.29) is 25.3 Å². The molecule has 1 fully saturated rings. The van der Waals surface area contributed by atoms with Gasteiger partial charge in [0.1, 0.15) is 18.1 Å². The van der Waals surface area contributed by atoms with Gasteiger partial charge in [-0.25, -0.2) is 4.79 Å². The van der Waals surface area contributed by atoms with E-state index in [1.807, 2.05) is 6.26 Å². The van der Waals surface area contributed by atoms with Gasteiger partial charge in [0.05, 0.1) is 12.1 Å². The molecule has 34 heavy (non-hydrogen) atoms. The largest absolute Gasteiger partial charge is 0.480 e. The van der Waals surface area contributed by atoms with Crippen LogP contribution in [0.5, 0.6) is 0 Å². The number of carboxylic acid groups (broad SMARTS) is 1. The van der Waals surface area contributed by atoms with E-state index in [1.54, 1.807) is 0 Å². The summed E-state index contributed by atoms with van der Waals surface area (Å²) in [5.74, 6) is -2.65. The number of amides is 3. The highest BCUT2D eigenvalue weighted by atomic mass is 32.2. The highest BCUT2D eigenvalue weighted by Gasteiger charge is 2.33. The van der Waals surface area contributed by atoms with Crippen molar-refractivity contribution in [2.45, 2.75) is 69.3 Å². The summed E-state index contributed by atoms with van der Waals surface area (Å²) in [4.78, 5) is 53.5. The monoisotopic (exact) mass is 503 g/mol. The second-order valence-electron chi connectivity index (χ2n) is 8.07. The molecule has 5 unspecified atom stereocenters. The number of rotatable bonds is 15. The van der Waals surface area contributed by atoms with E-state index in [4.69, 9.17) is 11.5 Å². The number of carbonyl (C=O) groups excluding carboxylic acids is 3. The summed E-state index contributed by atoms with van der Waals surface area (Å²) < 4.78 is 0. The highest BCUT2D eigenvalue weighted by molar-refractivity contribution is 7.98. The molecule has 0 saturated carbocycles. The van der Waals surface area contributed by atoms with Crippen molar-refractivity contribution in [3.05, 3.63) is 0 Å². The second kappa shape index (κ2) is 15.3. The summed E-state index contributed by atoms with van der Waals surface area (Å²) in [6, 6.07) is -3.97. The number of carbonyl (C=O) groups is 4. The molecule has 1 aliphatic heterocycles. The van der Waals surface area contributed by atoms with Crippen LogP contribution < -0.4 is 32.7 Å². The van der Waals surface area contributed by atoms with Crippen LogP contribution in [-0.2, 0) is 19.2 Å². The van der Waals surface area contributed by atoms with Crippen LogP contribution in [0.4, 0.5) is 0 Å². The maximum absolute atomic E-state index is 12.9. The third kappa shape index (κ3) is 10.6. The van der Waals surface area contributed by atoms with Crippen LogP contribution in [-0.4, -0.2) is 95.2 Å². The van der Waals surface area contributed by atoms with E-state index < -0.39 is 54.0 Å². The zero-order valence-corrected chi connectivity index (χ0v) is 20.4. The summed E-state index contributed by atoms with van der Waals surface area (Å²) >= 11 is 1.45. The highest BCUT2D eigenvalue weighted by Crippen LogP contribution is 2.08. The van der Waals surface area contributed by atoms with Crippen molar-refractivity contribution in [1.82, 2.24) is 21.3 Å². The lowest BCUT2D eigenvalue weighted by molar-refractivity contribution is -0.142. The molecule has 0 aromatic rings. The maximum atomic E-state index is 12.9. The third-order valence-electron chi connectivity index (χ3n) is 5.24. The number of aliphatic hydroxyl groups excluding tert-OH is 1. The topological polar surface area (TPSA) is 221 Å². The standard InChI is InChI=1S/C20H37N7O6S/c1-11(28)15(27-16(29)12-5-3-8-23-12)18(31)25-13(7-10-34-2)17(30)26-14(19(32)33)6-4-9-24-20(21)22/h11-15,23,28H,3-10H2,1-2H3,(H,25,31)(H,26,30)(H,27,29)(H,32,33)(H4,21,22,24).